The summed E-state index contributed by atoms with van der Waals surface area (Å²) >= 11 is 0. The first-order chi connectivity index (χ1) is 10.4. The Bertz CT molecular complexity index is 489. The van der Waals surface area contributed by atoms with Gasteiger partial charge in [0.05, 0.1) is 13.2 Å². The Balaban J connectivity index is 2.12. The molecule has 0 atom stereocenters. The van der Waals surface area contributed by atoms with Crippen molar-refractivity contribution in [2.45, 2.75) is 39.0 Å². The van der Waals surface area contributed by atoms with Gasteiger partial charge in [-0.15, -0.1) is 0 Å². The van der Waals surface area contributed by atoms with E-state index in [1.165, 1.54) is 6.07 Å². The van der Waals surface area contributed by atoms with Gasteiger partial charge in [-0.2, -0.15) is 0 Å². The van der Waals surface area contributed by atoms with E-state index in [0.717, 1.165) is 25.7 Å². The van der Waals surface area contributed by atoms with E-state index < -0.39 is 13.4 Å². The Morgan fingerprint density at radius 2 is 1.77 bits per heavy atom. The van der Waals surface area contributed by atoms with Gasteiger partial charge in [0.15, 0.2) is 11.6 Å². The van der Waals surface area contributed by atoms with Crippen molar-refractivity contribution in [2.24, 2.45) is 0 Å². The molecule has 0 heterocycles. The third kappa shape index (κ3) is 8.37. The van der Waals surface area contributed by atoms with Crippen LogP contribution in [0.25, 0.3) is 0 Å². The van der Waals surface area contributed by atoms with Gasteiger partial charge in [0.1, 0.15) is 5.75 Å². The number of ether oxygens (including phenoxy) is 2. The molecule has 2 N–H and O–H groups in total. The number of benzene rings is 1. The zero-order valence-corrected chi connectivity index (χ0v) is 13.7. The predicted octanol–water partition coefficient (Wildman–Crippen LogP) is 3.73. The molecule has 0 fully saturated rings. The minimum atomic E-state index is -3.85. The lowest BCUT2D eigenvalue weighted by Gasteiger charge is -2.09. The van der Waals surface area contributed by atoms with E-state index in [1.807, 2.05) is 0 Å². The molecule has 5 nitrogen and oxygen atoms in total. The topological polar surface area (TPSA) is 76.0 Å². The Labute approximate surface area is 130 Å². The van der Waals surface area contributed by atoms with Crippen molar-refractivity contribution in [1.29, 1.82) is 0 Å². The quantitative estimate of drug-likeness (QED) is 0.476. The average Bonchev–Trinajstić information content (AvgIpc) is 2.43. The molecule has 0 unspecified atom stereocenters. The second-order valence-electron chi connectivity index (χ2n) is 5.03. The van der Waals surface area contributed by atoms with E-state index in [9.17, 15) is 8.96 Å². The molecule has 1 rings (SSSR count). The monoisotopic (exact) mass is 334 g/mol. The SMILES string of the molecule is CCOc1ccc(OCCCCCCCP(=O)(O)O)cc1F. The van der Waals surface area contributed by atoms with Crippen LogP contribution in [0.3, 0.4) is 0 Å². The minimum Gasteiger partial charge on any atom is -0.493 e. The van der Waals surface area contributed by atoms with Crippen molar-refractivity contribution in [3.63, 3.8) is 0 Å². The molecule has 0 aliphatic rings. The van der Waals surface area contributed by atoms with Gasteiger partial charge in [-0.05, 0) is 31.9 Å². The summed E-state index contributed by atoms with van der Waals surface area (Å²) in [7, 11) is -3.85. The molecule has 0 saturated carbocycles. The van der Waals surface area contributed by atoms with Crippen molar-refractivity contribution >= 4 is 7.60 Å². The van der Waals surface area contributed by atoms with Crippen molar-refractivity contribution in [2.75, 3.05) is 19.4 Å². The normalized spacial score (nSPS) is 11.5. The summed E-state index contributed by atoms with van der Waals surface area (Å²) in [6.45, 7) is 2.70. The van der Waals surface area contributed by atoms with Gasteiger partial charge >= 0.3 is 7.60 Å². The lowest BCUT2D eigenvalue weighted by atomic mass is 10.2. The number of halogens is 1. The lowest BCUT2D eigenvalue weighted by Crippen LogP contribution is -1.99. The van der Waals surface area contributed by atoms with Crippen LogP contribution < -0.4 is 9.47 Å². The van der Waals surface area contributed by atoms with Gasteiger partial charge in [-0.1, -0.05) is 19.3 Å². The predicted molar refractivity (Wildman–Crippen MR) is 83.1 cm³/mol. The van der Waals surface area contributed by atoms with Crippen LogP contribution in [0.4, 0.5) is 4.39 Å². The Morgan fingerprint density at radius 1 is 1.09 bits per heavy atom. The summed E-state index contributed by atoms with van der Waals surface area (Å²) in [5.74, 6) is 0.263. The summed E-state index contributed by atoms with van der Waals surface area (Å²) in [6, 6.07) is 4.54. The first kappa shape index (κ1) is 18.9. The third-order valence-electron chi connectivity index (χ3n) is 3.07. The molecule has 0 aliphatic carbocycles. The van der Waals surface area contributed by atoms with E-state index in [-0.39, 0.29) is 11.9 Å². The average molecular weight is 334 g/mol. The lowest BCUT2D eigenvalue weighted by molar-refractivity contribution is 0.296. The van der Waals surface area contributed by atoms with E-state index in [1.54, 1.807) is 19.1 Å². The van der Waals surface area contributed by atoms with Crippen molar-refractivity contribution < 1.29 is 28.2 Å². The van der Waals surface area contributed by atoms with E-state index in [4.69, 9.17) is 19.3 Å². The minimum absolute atomic E-state index is 0.0467. The van der Waals surface area contributed by atoms with Crippen LogP contribution in [0.15, 0.2) is 18.2 Å². The maximum atomic E-state index is 13.6. The second kappa shape index (κ2) is 9.82. The van der Waals surface area contributed by atoms with Crippen LogP contribution in [0.2, 0.25) is 0 Å². The summed E-state index contributed by atoms with van der Waals surface area (Å²) in [4.78, 5) is 17.4. The smallest absolute Gasteiger partial charge is 0.325 e. The van der Waals surface area contributed by atoms with Crippen LogP contribution in [0.5, 0.6) is 11.5 Å². The fraction of sp³-hybridized carbons (Fsp3) is 0.600. The number of unbranched alkanes of at least 4 members (excludes halogenated alkanes) is 4. The molecule has 1 aromatic rings. The van der Waals surface area contributed by atoms with E-state index in [0.29, 0.717) is 25.4 Å². The van der Waals surface area contributed by atoms with Crippen LogP contribution in [-0.4, -0.2) is 29.2 Å². The zero-order valence-electron chi connectivity index (χ0n) is 12.8. The highest BCUT2D eigenvalue weighted by Gasteiger charge is 2.11. The van der Waals surface area contributed by atoms with Crippen LogP contribution in [0.1, 0.15) is 39.0 Å². The molecule has 0 bridgehead atoms. The molecule has 22 heavy (non-hydrogen) atoms. The highest BCUT2D eigenvalue weighted by Crippen LogP contribution is 2.35. The van der Waals surface area contributed by atoms with Crippen molar-refractivity contribution in [3.8, 4) is 11.5 Å². The molecule has 0 saturated heterocycles. The van der Waals surface area contributed by atoms with Gasteiger partial charge in [0, 0.05) is 12.2 Å². The summed E-state index contributed by atoms with van der Waals surface area (Å²) in [5, 5.41) is 0. The number of hydrogen-bond acceptors (Lipinski definition) is 3. The van der Waals surface area contributed by atoms with Crippen molar-refractivity contribution in [1.82, 2.24) is 0 Å². The number of rotatable bonds is 11. The van der Waals surface area contributed by atoms with Gasteiger partial charge < -0.3 is 19.3 Å². The molecule has 0 amide bonds. The third-order valence-corrected chi connectivity index (χ3v) is 3.96. The maximum absolute atomic E-state index is 13.6. The molecule has 0 radical (unpaired) electrons. The zero-order chi connectivity index (χ0) is 16.4. The van der Waals surface area contributed by atoms with Gasteiger partial charge in [-0.3, -0.25) is 4.57 Å². The Morgan fingerprint density at radius 3 is 2.41 bits per heavy atom. The molecule has 126 valence electrons. The van der Waals surface area contributed by atoms with Crippen molar-refractivity contribution in [3.05, 3.63) is 24.0 Å². The standard InChI is InChI=1S/C15H24FO5P/c1-2-20-15-9-8-13(12-14(15)16)21-10-6-4-3-5-7-11-22(17,18)19/h8-9,12H,2-7,10-11H2,1H3,(H2,17,18,19). The summed E-state index contributed by atoms with van der Waals surface area (Å²) in [6.07, 6.45) is 3.93. The first-order valence-electron chi connectivity index (χ1n) is 7.52. The summed E-state index contributed by atoms with van der Waals surface area (Å²) < 4.78 is 34.8. The summed E-state index contributed by atoms with van der Waals surface area (Å²) in [5.41, 5.74) is 0. The van der Waals surface area contributed by atoms with Gasteiger partial charge in [0.25, 0.3) is 0 Å². The van der Waals surface area contributed by atoms with Crippen LogP contribution in [-0.2, 0) is 4.57 Å². The van der Waals surface area contributed by atoms with Crippen LogP contribution in [0, 0.1) is 5.82 Å². The molecular weight excluding hydrogens is 310 g/mol. The Kier molecular flexibility index (Phi) is 8.46. The number of hydrogen-bond donors (Lipinski definition) is 2. The molecule has 0 aromatic heterocycles. The van der Waals surface area contributed by atoms with Gasteiger partial charge in [0.2, 0.25) is 0 Å². The fourth-order valence-electron chi connectivity index (χ4n) is 1.98. The van der Waals surface area contributed by atoms with Gasteiger partial charge in [-0.25, -0.2) is 4.39 Å². The van der Waals surface area contributed by atoms with E-state index >= 15 is 0 Å². The highest BCUT2D eigenvalue weighted by molar-refractivity contribution is 7.51. The largest absolute Gasteiger partial charge is 0.493 e. The molecule has 1 aromatic carbocycles. The maximum Gasteiger partial charge on any atom is 0.325 e. The molecule has 7 heteroatoms. The molecular formula is C15H24FO5P. The second-order valence-corrected chi connectivity index (χ2v) is 6.81. The first-order valence-corrected chi connectivity index (χ1v) is 9.32. The molecule has 0 aliphatic heterocycles. The highest BCUT2D eigenvalue weighted by atomic mass is 31.2. The fourth-order valence-corrected chi connectivity index (χ4v) is 2.62. The van der Waals surface area contributed by atoms with E-state index in [2.05, 4.69) is 0 Å². The Hall–Kier alpha value is -1.10. The van der Waals surface area contributed by atoms with Crippen LogP contribution >= 0.6 is 7.60 Å². The molecule has 0 spiro atoms.